The first-order valence-corrected chi connectivity index (χ1v) is 14.6. The molecular weight excluding hydrogens is 448 g/mol. The molecule has 0 aromatic heterocycles. The van der Waals surface area contributed by atoms with Crippen molar-refractivity contribution in [1.82, 2.24) is 0 Å². The Hall–Kier alpha value is -1.42. The van der Waals surface area contributed by atoms with Crippen LogP contribution in [0.15, 0.2) is 24.3 Å². The van der Waals surface area contributed by atoms with E-state index in [1.807, 2.05) is 0 Å². The number of carboxylic acids is 1. The number of carbonyl (C=O) groups is 2. The van der Waals surface area contributed by atoms with Gasteiger partial charge in [-0.05, 0) is 129 Å². The first-order chi connectivity index (χ1) is 16.8. The summed E-state index contributed by atoms with van der Waals surface area (Å²) < 4.78 is 0. The van der Waals surface area contributed by atoms with Crippen molar-refractivity contribution in [3.8, 4) is 0 Å². The molecule has 5 saturated carbocycles. The fourth-order valence-corrected chi connectivity index (χ4v) is 11.5. The maximum Gasteiger partial charge on any atom is 0.328 e. The zero-order chi connectivity index (χ0) is 26.3. The molecule has 5 aliphatic carbocycles. The number of carbonyl (C=O) groups excluding carboxylic acids is 1. The Bertz CT molecular complexity index is 979. The van der Waals surface area contributed by atoms with Gasteiger partial charge >= 0.3 is 5.97 Å². The monoisotopic (exact) mass is 496 g/mol. The summed E-state index contributed by atoms with van der Waals surface area (Å²) in [5.41, 5.74) is 1.27. The number of ketones is 1. The zero-order valence-electron chi connectivity index (χ0n) is 23.2. The highest BCUT2D eigenvalue weighted by Crippen LogP contribution is 2.73. The van der Waals surface area contributed by atoms with Gasteiger partial charge in [0.2, 0.25) is 0 Å². The van der Waals surface area contributed by atoms with Crippen LogP contribution < -0.4 is 0 Å². The topological polar surface area (TPSA) is 74.6 Å². The van der Waals surface area contributed by atoms with Gasteiger partial charge in [-0.1, -0.05) is 39.8 Å². The summed E-state index contributed by atoms with van der Waals surface area (Å²) in [5, 5.41) is 20.1. The summed E-state index contributed by atoms with van der Waals surface area (Å²) in [4.78, 5) is 24.9. The maximum absolute atomic E-state index is 13.6. The first kappa shape index (κ1) is 26.2. The first-order valence-electron chi connectivity index (χ1n) is 14.6. The minimum atomic E-state index is -1.04. The Morgan fingerprint density at radius 2 is 1.50 bits per heavy atom. The van der Waals surface area contributed by atoms with Crippen molar-refractivity contribution in [3.63, 3.8) is 0 Å². The van der Waals surface area contributed by atoms with E-state index in [2.05, 4.69) is 41.2 Å². The molecule has 10 atom stereocenters. The molecule has 0 amide bonds. The number of aliphatic hydroxyl groups is 1. The molecule has 5 fully saturated rings. The SMILES string of the molecule is C=C(C)[C@@H]1CC[C@]2(C(=O)/C=C/C(=O)O)CCC3C(CCC4[C@@]3(C)CCC3C(C)(C)[C@@H](O)CC[C@@]34C)C12. The van der Waals surface area contributed by atoms with Gasteiger partial charge in [0, 0.05) is 11.5 Å². The third kappa shape index (κ3) is 3.48. The highest BCUT2D eigenvalue weighted by molar-refractivity contribution is 5.99. The van der Waals surface area contributed by atoms with E-state index < -0.39 is 11.4 Å². The minimum Gasteiger partial charge on any atom is -0.478 e. The third-order valence-electron chi connectivity index (χ3n) is 13.1. The van der Waals surface area contributed by atoms with Crippen molar-refractivity contribution in [2.24, 2.45) is 57.2 Å². The average Bonchev–Trinajstić information content (AvgIpc) is 3.21. The second kappa shape index (κ2) is 8.55. The van der Waals surface area contributed by atoms with Crippen LogP contribution in [-0.4, -0.2) is 28.1 Å². The summed E-state index contributed by atoms with van der Waals surface area (Å²) in [5.74, 6) is 1.98. The van der Waals surface area contributed by atoms with Crippen molar-refractivity contribution in [1.29, 1.82) is 0 Å². The molecule has 5 aliphatic rings. The predicted molar refractivity (Wildman–Crippen MR) is 142 cm³/mol. The summed E-state index contributed by atoms with van der Waals surface area (Å²) in [7, 11) is 0. The summed E-state index contributed by atoms with van der Waals surface area (Å²) >= 11 is 0. The van der Waals surface area contributed by atoms with Gasteiger partial charge in [0.25, 0.3) is 0 Å². The Morgan fingerprint density at radius 1 is 0.833 bits per heavy atom. The van der Waals surface area contributed by atoms with E-state index in [-0.39, 0.29) is 34.1 Å². The van der Waals surface area contributed by atoms with Gasteiger partial charge in [0.15, 0.2) is 5.78 Å². The van der Waals surface area contributed by atoms with Crippen LogP contribution in [0.1, 0.15) is 98.8 Å². The van der Waals surface area contributed by atoms with Crippen LogP contribution >= 0.6 is 0 Å². The predicted octanol–water partition coefficient (Wildman–Crippen LogP) is 6.82. The molecule has 0 saturated heterocycles. The van der Waals surface area contributed by atoms with Gasteiger partial charge < -0.3 is 10.2 Å². The van der Waals surface area contributed by atoms with Gasteiger partial charge in [-0.15, -0.1) is 0 Å². The van der Waals surface area contributed by atoms with E-state index in [1.54, 1.807) is 0 Å². The van der Waals surface area contributed by atoms with Gasteiger partial charge in [0.1, 0.15) is 0 Å². The van der Waals surface area contributed by atoms with E-state index in [1.165, 1.54) is 37.3 Å². The Morgan fingerprint density at radius 3 is 2.17 bits per heavy atom. The number of aliphatic hydroxyl groups excluding tert-OH is 1. The minimum absolute atomic E-state index is 0.0354. The van der Waals surface area contributed by atoms with Crippen LogP contribution in [0.25, 0.3) is 0 Å². The Kier molecular flexibility index (Phi) is 6.22. The standard InChI is InChI=1S/C32H48O4/c1-19(2)20-11-17-32(26(34)9-10-27(35)36)18-12-22-21(28(20)32)7-8-24-30(22,5)15-13-23-29(3,4)25(33)14-16-31(23,24)6/h9-10,20-25,28,33H,1,7-8,11-18H2,2-6H3,(H,35,36)/b10-9+/t20-,21?,22?,23?,24?,25-,28?,30-,31-,32+/m0/s1. The molecule has 2 N–H and O–H groups in total. The van der Waals surface area contributed by atoms with Crippen molar-refractivity contribution in [2.45, 2.75) is 105 Å². The lowest BCUT2D eigenvalue weighted by Crippen LogP contribution is -2.63. The average molecular weight is 497 g/mol. The normalized spacial score (nSPS) is 49.4. The number of aliphatic carboxylic acids is 1. The van der Waals surface area contributed by atoms with Crippen molar-refractivity contribution >= 4 is 11.8 Å². The smallest absolute Gasteiger partial charge is 0.328 e. The van der Waals surface area contributed by atoms with Gasteiger partial charge in [-0.3, -0.25) is 4.79 Å². The number of fused-ring (bicyclic) bond motifs is 7. The molecule has 0 aromatic rings. The van der Waals surface area contributed by atoms with E-state index in [4.69, 9.17) is 0 Å². The quantitative estimate of drug-likeness (QED) is 0.331. The fourth-order valence-electron chi connectivity index (χ4n) is 11.5. The van der Waals surface area contributed by atoms with Crippen LogP contribution in [-0.2, 0) is 9.59 Å². The van der Waals surface area contributed by atoms with Crippen LogP contribution in [0.5, 0.6) is 0 Å². The van der Waals surface area contributed by atoms with Gasteiger partial charge in [-0.25, -0.2) is 4.79 Å². The van der Waals surface area contributed by atoms with Crippen LogP contribution in [0, 0.1) is 57.2 Å². The molecule has 0 radical (unpaired) electrons. The van der Waals surface area contributed by atoms with Crippen molar-refractivity contribution in [2.75, 3.05) is 0 Å². The largest absolute Gasteiger partial charge is 0.478 e. The molecular formula is C32H48O4. The highest BCUT2D eigenvalue weighted by atomic mass is 16.4. The number of hydrogen-bond acceptors (Lipinski definition) is 3. The van der Waals surface area contributed by atoms with Gasteiger partial charge in [-0.2, -0.15) is 0 Å². The third-order valence-corrected chi connectivity index (χ3v) is 13.1. The molecule has 4 heteroatoms. The molecule has 0 aliphatic heterocycles. The van der Waals surface area contributed by atoms with Crippen LogP contribution in [0.3, 0.4) is 0 Å². The van der Waals surface area contributed by atoms with E-state index >= 15 is 0 Å². The number of rotatable bonds is 4. The molecule has 0 spiro atoms. The molecule has 5 rings (SSSR count). The summed E-state index contributed by atoms with van der Waals surface area (Å²) in [6, 6.07) is 0. The molecule has 5 unspecified atom stereocenters. The van der Waals surface area contributed by atoms with Gasteiger partial charge in [0.05, 0.1) is 6.10 Å². The fraction of sp³-hybridized carbons (Fsp3) is 0.812. The van der Waals surface area contributed by atoms with Crippen molar-refractivity contribution < 1.29 is 19.8 Å². The molecule has 4 nitrogen and oxygen atoms in total. The molecule has 200 valence electrons. The Labute approximate surface area is 218 Å². The number of carboxylic acid groups (broad SMARTS) is 1. The number of allylic oxidation sites excluding steroid dienone is 2. The van der Waals surface area contributed by atoms with E-state index in [9.17, 15) is 19.8 Å². The van der Waals surface area contributed by atoms with Crippen LogP contribution in [0.2, 0.25) is 0 Å². The molecule has 0 aromatic carbocycles. The summed E-state index contributed by atoms with van der Waals surface area (Å²) in [6.45, 7) is 16.2. The molecule has 36 heavy (non-hydrogen) atoms. The Balaban J connectivity index is 1.50. The molecule has 0 bridgehead atoms. The summed E-state index contributed by atoms with van der Waals surface area (Å²) in [6.07, 6.45) is 12.9. The maximum atomic E-state index is 13.6. The zero-order valence-corrected chi connectivity index (χ0v) is 23.2. The van der Waals surface area contributed by atoms with Crippen LogP contribution in [0.4, 0.5) is 0 Å². The van der Waals surface area contributed by atoms with E-state index in [0.717, 1.165) is 44.6 Å². The lowest BCUT2D eigenvalue weighted by atomic mass is 9.36. The van der Waals surface area contributed by atoms with E-state index in [0.29, 0.717) is 29.6 Å². The highest BCUT2D eigenvalue weighted by Gasteiger charge is 2.67. The second-order valence-corrected chi connectivity index (χ2v) is 14.6. The number of hydrogen-bond donors (Lipinski definition) is 2. The van der Waals surface area contributed by atoms with Crippen molar-refractivity contribution in [3.05, 3.63) is 24.3 Å². The second-order valence-electron chi connectivity index (χ2n) is 14.6. The lowest BCUT2D eigenvalue weighted by Gasteiger charge is -2.69. The lowest BCUT2D eigenvalue weighted by molar-refractivity contribution is -0.215. The molecule has 0 heterocycles.